The van der Waals surface area contributed by atoms with Gasteiger partial charge in [0.05, 0.1) is 18.3 Å². The SMILES string of the molecule is CP(=O)(O)CCC/C=C\C[C@@H]1[C@@H](/C=C/[C@@H](O)CCc2ccccc2F)[C@H](O)C[C@@H]1O.[Na]. The average molecular weight is 463 g/mol. The molecule has 1 aromatic carbocycles. The molecule has 31 heavy (non-hydrogen) atoms. The predicted molar refractivity (Wildman–Crippen MR) is 123 cm³/mol. The number of hydrogen-bond donors (Lipinski definition) is 4. The molecule has 0 aliphatic heterocycles. The molecule has 1 radical (unpaired) electrons. The first-order valence-corrected chi connectivity index (χ1v) is 12.9. The molecule has 1 aliphatic rings. The quantitative estimate of drug-likeness (QED) is 0.175. The van der Waals surface area contributed by atoms with Crippen molar-refractivity contribution < 1.29 is 29.2 Å². The molecule has 0 bridgehead atoms. The summed E-state index contributed by atoms with van der Waals surface area (Å²) in [5.74, 6) is -0.696. The number of allylic oxidation sites excluding steroid dienone is 2. The Balaban J connectivity index is 0.00000480. The largest absolute Gasteiger partial charge is 0.393 e. The number of aliphatic hydroxyl groups is 3. The molecule has 169 valence electrons. The van der Waals surface area contributed by atoms with Crippen molar-refractivity contribution in [3.05, 3.63) is 60.0 Å². The van der Waals surface area contributed by atoms with Gasteiger partial charge < -0.3 is 20.2 Å². The molecule has 0 heterocycles. The van der Waals surface area contributed by atoms with Gasteiger partial charge in [-0.3, -0.25) is 4.57 Å². The molecule has 0 aromatic heterocycles. The molecular weight excluding hydrogens is 429 g/mol. The van der Waals surface area contributed by atoms with Gasteiger partial charge >= 0.3 is 0 Å². The summed E-state index contributed by atoms with van der Waals surface area (Å²) < 4.78 is 25.0. The summed E-state index contributed by atoms with van der Waals surface area (Å²) in [4.78, 5) is 9.29. The second kappa shape index (κ2) is 14.1. The third-order valence-electron chi connectivity index (χ3n) is 5.66. The van der Waals surface area contributed by atoms with Crippen molar-refractivity contribution in [2.75, 3.05) is 12.8 Å². The van der Waals surface area contributed by atoms with Gasteiger partial charge in [-0.2, -0.15) is 0 Å². The number of unbranched alkanes of at least 4 members (excludes halogenated alkanes) is 1. The first-order valence-electron chi connectivity index (χ1n) is 10.6. The van der Waals surface area contributed by atoms with Gasteiger partial charge in [-0.25, -0.2) is 4.39 Å². The Morgan fingerprint density at radius 2 is 1.94 bits per heavy atom. The van der Waals surface area contributed by atoms with Crippen LogP contribution >= 0.6 is 7.37 Å². The summed E-state index contributed by atoms with van der Waals surface area (Å²) in [7, 11) is -2.97. The van der Waals surface area contributed by atoms with Crippen LogP contribution in [0.2, 0.25) is 0 Å². The minimum absolute atomic E-state index is 0. The van der Waals surface area contributed by atoms with Crippen LogP contribution in [-0.4, -0.2) is 80.9 Å². The molecule has 6 atom stereocenters. The Morgan fingerprint density at radius 1 is 1.23 bits per heavy atom. The van der Waals surface area contributed by atoms with Crippen LogP contribution in [0.4, 0.5) is 4.39 Å². The Kier molecular flexibility index (Phi) is 13.0. The van der Waals surface area contributed by atoms with E-state index in [1.807, 2.05) is 12.2 Å². The summed E-state index contributed by atoms with van der Waals surface area (Å²) in [6, 6.07) is 6.49. The van der Waals surface area contributed by atoms with Crippen molar-refractivity contribution in [2.45, 2.75) is 56.8 Å². The van der Waals surface area contributed by atoms with Crippen LogP contribution in [0.15, 0.2) is 48.6 Å². The smallest absolute Gasteiger partial charge is 0.197 e. The molecule has 1 unspecified atom stereocenters. The molecule has 1 saturated carbocycles. The number of rotatable bonds is 11. The molecule has 1 aliphatic carbocycles. The fraction of sp³-hybridized carbons (Fsp3) is 0.565. The van der Waals surface area contributed by atoms with Gasteiger partial charge in [-0.1, -0.05) is 42.5 Å². The molecular formula is C23H34FNaO5P. The van der Waals surface area contributed by atoms with Gasteiger partial charge in [0.1, 0.15) is 5.82 Å². The number of hydrogen-bond acceptors (Lipinski definition) is 4. The maximum atomic E-state index is 13.7. The third-order valence-corrected chi connectivity index (χ3v) is 6.80. The Labute approximate surface area is 206 Å². The van der Waals surface area contributed by atoms with E-state index in [1.165, 1.54) is 12.7 Å². The van der Waals surface area contributed by atoms with Gasteiger partial charge in [0.2, 0.25) is 0 Å². The van der Waals surface area contributed by atoms with Gasteiger partial charge in [-0.15, -0.1) is 0 Å². The van der Waals surface area contributed by atoms with E-state index in [4.69, 9.17) is 0 Å². The van der Waals surface area contributed by atoms with Crippen LogP contribution in [-0.2, 0) is 11.0 Å². The Hall–Kier alpha value is -0.300. The fourth-order valence-electron chi connectivity index (χ4n) is 3.94. The van der Waals surface area contributed by atoms with Crippen LogP contribution in [0.5, 0.6) is 0 Å². The van der Waals surface area contributed by atoms with E-state index in [9.17, 15) is 29.2 Å². The second-order valence-electron chi connectivity index (χ2n) is 8.32. The van der Waals surface area contributed by atoms with E-state index in [0.29, 0.717) is 44.1 Å². The molecule has 0 spiro atoms. The van der Waals surface area contributed by atoms with Crippen LogP contribution in [0.1, 0.15) is 37.7 Å². The average Bonchev–Trinajstić information content (AvgIpc) is 2.94. The third kappa shape index (κ3) is 10.4. The van der Waals surface area contributed by atoms with E-state index in [-0.39, 0.29) is 53.4 Å². The first kappa shape index (κ1) is 28.7. The topological polar surface area (TPSA) is 98.0 Å². The maximum absolute atomic E-state index is 13.7. The monoisotopic (exact) mass is 463 g/mol. The van der Waals surface area contributed by atoms with Gasteiger partial charge in [0.15, 0.2) is 7.37 Å². The van der Waals surface area contributed by atoms with Crippen molar-refractivity contribution >= 4 is 36.9 Å². The molecule has 1 aromatic rings. The van der Waals surface area contributed by atoms with E-state index in [1.54, 1.807) is 30.4 Å². The zero-order chi connectivity index (χ0) is 22.1. The van der Waals surface area contributed by atoms with Gasteiger partial charge in [-0.05, 0) is 49.7 Å². The zero-order valence-corrected chi connectivity index (χ0v) is 21.4. The number of benzene rings is 1. The normalized spacial score (nSPS) is 26.8. The predicted octanol–water partition coefficient (Wildman–Crippen LogP) is 3.28. The van der Waals surface area contributed by atoms with Crippen LogP contribution in [0.3, 0.4) is 0 Å². The molecule has 0 amide bonds. The number of halogens is 1. The van der Waals surface area contributed by atoms with E-state index in [0.717, 1.165) is 0 Å². The number of aliphatic hydroxyl groups excluding tert-OH is 3. The molecule has 5 nitrogen and oxygen atoms in total. The summed E-state index contributed by atoms with van der Waals surface area (Å²) in [5.41, 5.74) is 0.560. The van der Waals surface area contributed by atoms with Crippen molar-refractivity contribution in [3.8, 4) is 0 Å². The molecule has 0 saturated heterocycles. The molecule has 2 rings (SSSR count). The second-order valence-corrected chi connectivity index (χ2v) is 10.9. The summed E-state index contributed by atoms with van der Waals surface area (Å²) in [6.45, 7) is 1.36. The standard InChI is InChI=1S/C23H34FO5P.Na/c1-30(28,29)15-7-3-2-4-9-19-20(23(27)16-22(19)26)14-13-18(25)12-11-17-8-5-6-10-21(17)24;/h2,4-6,8,10,13-14,18-20,22-23,25-27H,3,7,9,11-12,15-16H2,1H3,(H,28,29);/b4-2-,14-13+;/t18-,19+,20+,22-,23+;/m0./s1. The first-order chi connectivity index (χ1) is 14.2. The van der Waals surface area contributed by atoms with E-state index < -0.39 is 25.7 Å². The Morgan fingerprint density at radius 3 is 2.61 bits per heavy atom. The zero-order valence-electron chi connectivity index (χ0n) is 18.5. The number of aryl methyl sites for hydroxylation is 1. The minimum Gasteiger partial charge on any atom is -0.393 e. The van der Waals surface area contributed by atoms with Crippen LogP contribution in [0, 0.1) is 17.7 Å². The van der Waals surface area contributed by atoms with Gasteiger partial charge in [0, 0.05) is 54.7 Å². The van der Waals surface area contributed by atoms with E-state index in [2.05, 4.69) is 0 Å². The van der Waals surface area contributed by atoms with Crippen LogP contribution < -0.4 is 0 Å². The summed E-state index contributed by atoms with van der Waals surface area (Å²) in [5, 5.41) is 30.8. The fourth-order valence-corrected chi connectivity index (χ4v) is 4.71. The molecule has 1 fully saturated rings. The maximum Gasteiger partial charge on any atom is 0.197 e. The van der Waals surface area contributed by atoms with Gasteiger partial charge in [0.25, 0.3) is 0 Å². The van der Waals surface area contributed by atoms with Crippen molar-refractivity contribution in [1.82, 2.24) is 0 Å². The summed E-state index contributed by atoms with van der Waals surface area (Å²) >= 11 is 0. The van der Waals surface area contributed by atoms with Crippen molar-refractivity contribution in [1.29, 1.82) is 0 Å². The van der Waals surface area contributed by atoms with Crippen molar-refractivity contribution in [2.24, 2.45) is 11.8 Å². The Bertz CT molecular complexity index is 766. The molecule has 4 N–H and O–H groups in total. The van der Waals surface area contributed by atoms with E-state index >= 15 is 0 Å². The summed E-state index contributed by atoms with van der Waals surface area (Å²) in [6.07, 6.45) is 8.52. The molecule has 8 heteroatoms. The van der Waals surface area contributed by atoms with Crippen LogP contribution in [0.25, 0.3) is 0 Å². The minimum atomic E-state index is -2.97. The van der Waals surface area contributed by atoms with Crippen molar-refractivity contribution in [3.63, 3.8) is 0 Å².